The lowest BCUT2D eigenvalue weighted by molar-refractivity contribution is -0.604. The van der Waals surface area contributed by atoms with Crippen molar-refractivity contribution in [3.05, 3.63) is 95.5 Å². The minimum Gasteiger partial charge on any atom is -0.619 e. The van der Waals surface area contributed by atoms with E-state index >= 15 is 0 Å². The van der Waals surface area contributed by atoms with Crippen molar-refractivity contribution < 1.29 is 4.73 Å². The lowest BCUT2D eigenvalue weighted by Gasteiger charge is -2.15. The van der Waals surface area contributed by atoms with Gasteiger partial charge in [0.2, 0.25) is 0 Å². The van der Waals surface area contributed by atoms with E-state index in [0.717, 1.165) is 68.9 Å². The van der Waals surface area contributed by atoms with E-state index in [9.17, 15) is 5.21 Å². The second-order valence-electron chi connectivity index (χ2n) is 8.66. The maximum Gasteiger partial charge on any atom is 0.188 e. The zero-order chi connectivity index (χ0) is 24.2. The summed E-state index contributed by atoms with van der Waals surface area (Å²) < 4.78 is 3.07. The van der Waals surface area contributed by atoms with Crippen LogP contribution in [0.3, 0.4) is 0 Å². The van der Waals surface area contributed by atoms with Crippen LogP contribution in [0.2, 0.25) is 0 Å². The molecule has 5 rings (SSSR count). The molecule has 0 radical (unpaired) electrons. The first-order valence-electron chi connectivity index (χ1n) is 11.8. The molecule has 176 valence electrons. The second-order valence-corrected chi connectivity index (χ2v) is 8.66. The fourth-order valence-corrected chi connectivity index (χ4v) is 4.44. The Morgan fingerprint density at radius 1 is 1.00 bits per heavy atom. The maximum absolute atomic E-state index is 12.2. The van der Waals surface area contributed by atoms with Gasteiger partial charge in [-0.15, -0.1) is 5.10 Å². The highest BCUT2D eigenvalue weighted by molar-refractivity contribution is 5.90. The fraction of sp³-hybridized carbons (Fsp3) is 0.222. The number of rotatable bonds is 8. The van der Waals surface area contributed by atoms with Gasteiger partial charge in [-0.25, -0.2) is 10.1 Å². The van der Waals surface area contributed by atoms with Crippen LogP contribution in [0.25, 0.3) is 33.6 Å². The Labute approximate surface area is 203 Å². The van der Waals surface area contributed by atoms with Crippen LogP contribution in [0.4, 0.5) is 0 Å². The molecule has 5 aromatic rings. The Kier molecular flexibility index (Phi) is 6.34. The predicted octanol–water partition coefficient (Wildman–Crippen LogP) is 4.73. The third-order valence-corrected chi connectivity index (χ3v) is 6.07. The molecule has 0 atom stereocenters. The normalized spacial score (nSPS) is 11.1. The van der Waals surface area contributed by atoms with Crippen LogP contribution in [-0.4, -0.2) is 30.2 Å². The summed E-state index contributed by atoms with van der Waals surface area (Å²) in [6.07, 6.45) is 8.42. The van der Waals surface area contributed by atoms with Gasteiger partial charge in [0.1, 0.15) is 5.82 Å². The first-order valence-corrected chi connectivity index (χ1v) is 11.8. The smallest absolute Gasteiger partial charge is 0.188 e. The number of aromatic amines is 1. The third-order valence-electron chi connectivity index (χ3n) is 6.07. The molecule has 35 heavy (non-hydrogen) atoms. The van der Waals surface area contributed by atoms with Crippen LogP contribution in [0.5, 0.6) is 0 Å². The van der Waals surface area contributed by atoms with E-state index in [0.29, 0.717) is 12.4 Å². The largest absolute Gasteiger partial charge is 0.619 e. The van der Waals surface area contributed by atoms with Gasteiger partial charge in [-0.2, -0.15) is 4.73 Å². The van der Waals surface area contributed by atoms with Crippen molar-refractivity contribution in [1.29, 1.82) is 0 Å². The zero-order valence-corrected chi connectivity index (χ0v) is 19.8. The number of hydrogen-bond donors (Lipinski definition) is 1. The molecule has 0 fully saturated rings. The number of imidazole rings is 1. The number of nitrogens with zero attached hydrogens (tertiary/aromatic N) is 6. The Balaban J connectivity index is 1.62. The number of aryl methyl sites for hydroxylation is 2. The molecular formula is C27H27N7O. The number of H-pyrrole nitrogens is 1. The van der Waals surface area contributed by atoms with Crippen LogP contribution in [0, 0.1) is 12.1 Å². The minimum absolute atomic E-state index is 0.594. The van der Waals surface area contributed by atoms with Crippen molar-refractivity contribution in [2.45, 2.75) is 39.7 Å². The standard InChI is InChI=1S/C27H27N7O/c1-3-4-11-26-28-19(2)16-33(26)17-20-12-13-23(25(15-20)21-8-7-14-34(35)18-21)22-9-5-6-10-24(22)27-29-31-32-30-27/h5-10,12-16,18H,3-4,11,17H2,1-2H3,(H,29,30,31,32). The number of tetrazole rings is 1. The number of benzene rings is 2. The van der Waals surface area contributed by atoms with Gasteiger partial charge in [0.15, 0.2) is 18.2 Å². The lowest BCUT2D eigenvalue weighted by Crippen LogP contribution is -2.24. The Morgan fingerprint density at radius 2 is 1.83 bits per heavy atom. The summed E-state index contributed by atoms with van der Waals surface area (Å²) >= 11 is 0. The van der Waals surface area contributed by atoms with Crippen LogP contribution in [0.15, 0.2) is 73.2 Å². The maximum atomic E-state index is 12.2. The molecule has 0 bridgehead atoms. The SMILES string of the molecule is CCCCc1nc(C)cn1Cc1ccc(-c2ccccc2-c2nnn[nH]2)c(-c2ccc[n+]([O-])c2)c1. The van der Waals surface area contributed by atoms with E-state index < -0.39 is 0 Å². The number of aromatic nitrogens is 7. The number of nitrogens with one attached hydrogen (secondary N) is 1. The summed E-state index contributed by atoms with van der Waals surface area (Å²) in [5.74, 6) is 1.70. The van der Waals surface area contributed by atoms with Crippen molar-refractivity contribution >= 4 is 0 Å². The highest BCUT2D eigenvalue weighted by Gasteiger charge is 2.17. The minimum atomic E-state index is 0.594. The molecule has 8 heteroatoms. The van der Waals surface area contributed by atoms with Gasteiger partial charge in [0, 0.05) is 36.4 Å². The van der Waals surface area contributed by atoms with Crippen molar-refractivity contribution in [3.8, 4) is 33.6 Å². The van der Waals surface area contributed by atoms with Crippen LogP contribution >= 0.6 is 0 Å². The molecule has 0 aliphatic heterocycles. The number of hydrogen-bond acceptors (Lipinski definition) is 5. The summed E-state index contributed by atoms with van der Waals surface area (Å²) in [5.41, 5.74) is 6.86. The first-order chi connectivity index (χ1) is 17.1. The van der Waals surface area contributed by atoms with Gasteiger partial charge < -0.3 is 9.77 Å². The van der Waals surface area contributed by atoms with Crippen molar-refractivity contribution in [1.82, 2.24) is 30.2 Å². The van der Waals surface area contributed by atoms with Gasteiger partial charge in [-0.05, 0) is 58.2 Å². The topological polar surface area (TPSA) is 99.2 Å². The molecule has 0 amide bonds. The van der Waals surface area contributed by atoms with Gasteiger partial charge in [0.05, 0.1) is 5.69 Å². The molecule has 8 nitrogen and oxygen atoms in total. The van der Waals surface area contributed by atoms with Gasteiger partial charge in [0.25, 0.3) is 0 Å². The van der Waals surface area contributed by atoms with E-state index in [4.69, 9.17) is 4.98 Å². The Bertz CT molecular complexity index is 1440. The quantitative estimate of drug-likeness (QED) is 0.264. The molecule has 0 saturated carbocycles. The summed E-state index contributed by atoms with van der Waals surface area (Å²) in [5, 5.41) is 26.6. The van der Waals surface area contributed by atoms with E-state index in [2.05, 4.69) is 56.5 Å². The fourth-order valence-electron chi connectivity index (χ4n) is 4.44. The van der Waals surface area contributed by atoms with Crippen LogP contribution in [0.1, 0.15) is 36.8 Å². The third kappa shape index (κ3) is 4.82. The van der Waals surface area contributed by atoms with E-state index in [1.54, 1.807) is 12.3 Å². The summed E-state index contributed by atoms with van der Waals surface area (Å²) in [6.45, 7) is 4.94. The number of pyridine rings is 1. The average molecular weight is 466 g/mol. The Hall–Kier alpha value is -4.33. The zero-order valence-electron chi connectivity index (χ0n) is 19.8. The summed E-state index contributed by atoms with van der Waals surface area (Å²) in [6, 6.07) is 18.1. The molecular weight excluding hydrogens is 438 g/mol. The molecule has 0 saturated heterocycles. The average Bonchev–Trinajstić information content (AvgIpc) is 3.52. The highest BCUT2D eigenvalue weighted by Crippen LogP contribution is 2.37. The lowest BCUT2D eigenvalue weighted by atomic mass is 9.90. The molecule has 0 aliphatic carbocycles. The monoisotopic (exact) mass is 465 g/mol. The van der Waals surface area contributed by atoms with Gasteiger partial charge in [-0.3, -0.25) is 0 Å². The van der Waals surface area contributed by atoms with Gasteiger partial charge >= 0.3 is 0 Å². The van der Waals surface area contributed by atoms with Gasteiger partial charge in [-0.1, -0.05) is 49.7 Å². The highest BCUT2D eigenvalue weighted by atomic mass is 16.5. The molecule has 1 N–H and O–H groups in total. The van der Waals surface area contributed by atoms with E-state index in [1.807, 2.05) is 37.3 Å². The van der Waals surface area contributed by atoms with Crippen LogP contribution in [-0.2, 0) is 13.0 Å². The molecule has 2 aromatic carbocycles. The molecule has 3 heterocycles. The molecule has 0 unspecified atom stereocenters. The van der Waals surface area contributed by atoms with E-state index in [1.165, 1.54) is 6.20 Å². The molecule has 0 spiro atoms. The second kappa shape index (κ2) is 9.89. The van der Waals surface area contributed by atoms with Crippen molar-refractivity contribution in [2.75, 3.05) is 0 Å². The molecule has 0 aliphatic rings. The summed E-state index contributed by atoms with van der Waals surface area (Å²) in [4.78, 5) is 4.74. The first kappa shape index (κ1) is 22.5. The predicted molar refractivity (Wildman–Crippen MR) is 134 cm³/mol. The molecule has 3 aromatic heterocycles. The summed E-state index contributed by atoms with van der Waals surface area (Å²) in [7, 11) is 0. The van der Waals surface area contributed by atoms with Crippen LogP contribution < -0.4 is 4.73 Å². The van der Waals surface area contributed by atoms with Crippen molar-refractivity contribution in [3.63, 3.8) is 0 Å². The number of unbranched alkanes of at least 4 members (excludes halogenated alkanes) is 1. The van der Waals surface area contributed by atoms with Crippen molar-refractivity contribution in [2.24, 2.45) is 0 Å². The van der Waals surface area contributed by atoms with E-state index in [-0.39, 0.29) is 0 Å². The Morgan fingerprint density at radius 3 is 2.60 bits per heavy atom.